The largest absolute Gasteiger partial charge is 0.309 e. The summed E-state index contributed by atoms with van der Waals surface area (Å²) in [6.07, 6.45) is 12.6. The Morgan fingerprint density at radius 3 is 2.37 bits per heavy atom. The highest BCUT2D eigenvalue weighted by atomic mass is 32.2. The molecule has 0 bridgehead atoms. The Morgan fingerprint density at radius 1 is 1.05 bits per heavy atom. The maximum Gasteiger partial charge on any atom is 0.0501 e. The molecule has 2 saturated carbocycles. The first-order valence-electron chi connectivity index (χ1n) is 7.92. The SMILES string of the molecule is CC[S@](=O)[C@@H]1CCCC[C@@H]1N[C@H]1CCCC[C@H]1SC. The molecule has 0 unspecified atom stereocenters. The molecule has 2 rings (SSSR count). The van der Waals surface area contributed by atoms with Crippen molar-refractivity contribution in [3.05, 3.63) is 0 Å². The molecule has 0 aromatic carbocycles. The average Bonchev–Trinajstić information content (AvgIpc) is 2.47. The van der Waals surface area contributed by atoms with Crippen LogP contribution in [0.25, 0.3) is 0 Å². The summed E-state index contributed by atoms with van der Waals surface area (Å²) in [5.41, 5.74) is 0. The van der Waals surface area contributed by atoms with E-state index in [2.05, 4.69) is 18.5 Å². The fourth-order valence-corrected chi connectivity index (χ4v) is 6.05. The van der Waals surface area contributed by atoms with E-state index >= 15 is 0 Å². The lowest BCUT2D eigenvalue weighted by molar-refractivity contribution is 0.300. The molecule has 0 aliphatic heterocycles. The summed E-state index contributed by atoms with van der Waals surface area (Å²) < 4.78 is 12.2. The van der Waals surface area contributed by atoms with E-state index in [1.807, 2.05) is 11.8 Å². The molecular weight excluding hydrogens is 274 g/mol. The van der Waals surface area contributed by atoms with Gasteiger partial charge in [0.1, 0.15) is 0 Å². The number of nitrogens with one attached hydrogen (secondary N) is 1. The first-order chi connectivity index (χ1) is 9.26. The molecule has 0 radical (unpaired) electrons. The summed E-state index contributed by atoms with van der Waals surface area (Å²) in [5, 5.41) is 5.09. The summed E-state index contributed by atoms with van der Waals surface area (Å²) >= 11 is 2.02. The predicted octanol–water partition coefficient (Wildman–Crippen LogP) is 3.33. The van der Waals surface area contributed by atoms with Gasteiger partial charge in [-0.25, -0.2) is 0 Å². The zero-order valence-corrected chi connectivity index (χ0v) is 14.0. The zero-order chi connectivity index (χ0) is 13.7. The fraction of sp³-hybridized carbons (Fsp3) is 1.00. The fourth-order valence-electron chi connectivity index (χ4n) is 3.66. The summed E-state index contributed by atoms with van der Waals surface area (Å²) in [7, 11) is -0.630. The molecule has 2 nitrogen and oxygen atoms in total. The van der Waals surface area contributed by atoms with Crippen LogP contribution >= 0.6 is 11.8 Å². The maximum absolute atomic E-state index is 12.2. The highest BCUT2D eigenvalue weighted by molar-refractivity contribution is 7.99. The summed E-state index contributed by atoms with van der Waals surface area (Å²) in [6.45, 7) is 2.06. The van der Waals surface area contributed by atoms with Crippen molar-refractivity contribution in [3.8, 4) is 0 Å². The van der Waals surface area contributed by atoms with Gasteiger partial charge in [0, 0.05) is 33.9 Å². The van der Waals surface area contributed by atoms with Crippen molar-refractivity contribution in [1.82, 2.24) is 5.32 Å². The predicted molar refractivity (Wildman–Crippen MR) is 87.4 cm³/mol. The molecule has 2 aliphatic rings. The highest BCUT2D eigenvalue weighted by Crippen LogP contribution is 2.30. The van der Waals surface area contributed by atoms with Gasteiger partial charge in [-0.2, -0.15) is 11.8 Å². The number of rotatable bonds is 5. The summed E-state index contributed by atoms with van der Waals surface area (Å²) in [5.74, 6) is 0.819. The molecule has 2 aliphatic carbocycles. The minimum atomic E-state index is -0.630. The Morgan fingerprint density at radius 2 is 1.68 bits per heavy atom. The van der Waals surface area contributed by atoms with E-state index < -0.39 is 10.8 Å². The minimum absolute atomic E-state index is 0.406. The number of hydrogen-bond donors (Lipinski definition) is 1. The van der Waals surface area contributed by atoms with Crippen LogP contribution in [0.5, 0.6) is 0 Å². The van der Waals surface area contributed by atoms with Crippen molar-refractivity contribution in [1.29, 1.82) is 0 Å². The Hall–Kier alpha value is 0.460. The van der Waals surface area contributed by atoms with Gasteiger partial charge < -0.3 is 5.32 Å². The van der Waals surface area contributed by atoms with Gasteiger partial charge in [0.15, 0.2) is 0 Å². The summed E-state index contributed by atoms with van der Waals surface area (Å²) in [6, 6.07) is 1.16. The monoisotopic (exact) mass is 303 g/mol. The van der Waals surface area contributed by atoms with Crippen LogP contribution in [0, 0.1) is 0 Å². The van der Waals surface area contributed by atoms with Gasteiger partial charge in [-0.15, -0.1) is 0 Å². The van der Waals surface area contributed by atoms with Gasteiger partial charge in [0.05, 0.1) is 5.25 Å². The van der Waals surface area contributed by atoms with Crippen molar-refractivity contribution >= 4 is 22.6 Å². The Labute approximate surface area is 125 Å². The molecule has 2 fully saturated rings. The van der Waals surface area contributed by atoms with Crippen LogP contribution in [0.1, 0.15) is 58.3 Å². The van der Waals surface area contributed by atoms with E-state index in [4.69, 9.17) is 0 Å². The van der Waals surface area contributed by atoms with Crippen molar-refractivity contribution in [2.24, 2.45) is 0 Å². The van der Waals surface area contributed by atoms with E-state index in [1.165, 1.54) is 44.9 Å². The quantitative estimate of drug-likeness (QED) is 0.844. The minimum Gasteiger partial charge on any atom is -0.309 e. The van der Waals surface area contributed by atoms with Gasteiger partial charge >= 0.3 is 0 Å². The van der Waals surface area contributed by atoms with Crippen molar-refractivity contribution in [3.63, 3.8) is 0 Å². The maximum atomic E-state index is 12.2. The van der Waals surface area contributed by atoms with Crippen molar-refractivity contribution < 1.29 is 4.21 Å². The van der Waals surface area contributed by atoms with E-state index in [-0.39, 0.29) is 0 Å². The molecule has 1 N–H and O–H groups in total. The smallest absolute Gasteiger partial charge is 0.0501 e. The zero-order valence-electron chi connectivity index (χ0n) is 12.4. The lowest BCUT2D eigenvalue weighted by atomic mass is 9.90. The van der Waals surface area contributed by atoms with Crippen molar-refractivity contribution in [2.75, 3.05) is 12.0 Å². The Bertz CT molecular complexity index is 298. The normalized spacial score (nSPS) is 38.0. The lowest BCUT2D eigenvalue weighted by Crippen LogP contribution is -2.52. The van der Waals surface area contributed by atoms with Crippen LogP contribution in [0.2, 0.25) is 0 Å². The van der Waals surface area contributed by atoms with Crippen LogP contribution in [0.3, 0.4) is 0 Å². The van der Waals surface area contributed by atoms with Crippen LogP contribution in [0.15, 0.2) is 0 Å². The first kappa shape index (κ1) is 15.8. The standard InChI is InChI=1S/C15H29NOS2/c1-3-19(17)15-11-7-5-9-13(15)16-12-8-4-6-10-14(12)18-2/h12-16H,3-11H2,1-2H3/t12-,13-,14+,15+,19-/m0/s1. The molecule has 19 heavy (non-hydrogen) atoms. The first-order valence-corrected chi connectivity index (χ1v) is 10.6. The number of hydrogen-bond acceptors (Lipinski definition) is 3. The molecule has 5 atom stereocenters. The van der Waals surface area contributed by atoms with Crippen LogP contribution in [0.4, 0.5) is 0 Å². The third kappa shape index (κ3) is 4.21. The Kier molecular flexibility index (Phi) is 6.70. The molecule has 0 aromatic rings. The van der Waals surface area contributed by atoms with Crippen LogP contribution < -0.4 is 5.32 Å². The third-order valence-corrected chi connectivity index (χ3v) is 7.74. The van der Waals surface area contributed by atoms with Gasteiger partial charge in [-0.3, -0.25) is 4.21 Å². The second-order valence-corrected chi connectivity index (χ2v) is 8.95. The topological polar surface area (TPSA) is 29.1 Å². The Balaban J connectivity index is 1.96. The van der Waals surface area contributed by atoms with Gasteiger partial charge in [0.2, 0.25) is 0 Å². The average molecular weight is 304 g/mol. The summed E-state index contributed by atoms with van der Waals surface area (Å²) in [4.78, 5) is 0. The van der Waals surface area contributed by atoms with E-state index in [9.17, 15) is 4.21 Å². The van der Waals surface area contributed by atoms with Crippen LogP contribution in [-0.2, 0) is 10.8 Å². The third-order valence-electron chi connectivity index (χ3n) is 4.76. The van der Waals surface area contributed by atoms with Gasteiger partial charge in [-0.05, 0) is 31.9 Å². The molecule has 112 valence electrons. The highest BCUT2D eigenvalue weighted by Gasteiger charge is 2.33. The molecule has 4 heteroatoms. The van der Waals surface area contributed by atoms with Gasteiger partial charge in [0.25, 0.3) is 0 Å². The lowest BCUT2D eigenvalue weighted by Gasteiger charge is -2.38. The van der Waals surface area contributed by atoms with Crippen LogP contribution in [-0.4, -0.2) is 38.8 Å². The second kappa shape index (κ2) is 8.04. The van der Waals surface area contributed by atoms with E-state index in [0.29, 0.717) is 17.3 Å². The molecule has 0 aromatic heterocycles. The van der Waals surface area contributed by atoms with E-state index in [1.54, 1.807) is 0 Å². The number of thioether (sulfide) groups is 1. The molecule has 0 amide bonds. The van der Waals surface area contributed by atoms with Crippen molar-refractivity contribution in [2.45, 2.75) is 80.9 Å². The van der Waals surface area contributed by atoms with Gasteiger partial charge in [-0.1, -0.05) is 32.6 Å². The molecule has 0 spiro atoms. The second-order valence-electron chi connectivity index (χ2n) is 5.93. The van der Waals surface area contributed by atoms with E-state index in [0.717, 1.165) is 17.4 Å². The molecule has 0 heterocycles. The molecule has 0 saturated heterocycles. The molecular formula is C15H29NOS2.